The van der Waals surface area contributed by atoms with Crippen LogP contribution in [0.1, 0.15) is 48.0 Å². The Hall–Kier alpha value is -0.180. The lowest BCUT2D eigenvalue weighted by Crippen LogP contribution is -2.47. The molecule has 1 unspecified atom stereocenters. The average Bonchev–Trinajstić information content (AvgIpc) is 1.79. The summed E-state index contributed by atoms with van der Waals surface area (Å²) in [5.41, 5.74) is -0.163. The third kappa shape index (κ3) is 4.89. The molecular formula is C11H23NOS. The van der Waals surface area contributed by atoms with Crippen LogP contribution in [-0.4, -0.2) is 16.2 Å². The smallest absolute Gasteiger partial charge is 0.224 e. The third-order valence-corrected chi connectivity index (χ3v) is 2.39. The molecule has 1 atom stereocenters. The van der Waals surface area contributed by atoms with Gasteiger partial charge in [0.05, 0.1) is 5.92 Å². The van der Waals surface area contributed by atoms with Gasteiger partial charge in [-0.05, 0) is 27.2 Å². The van der Waals surface area contributed by atoms with Gasteiger partial charge in [-0.1, -0.05) is 20.8 Å². The molecule has 0 aliphatic heterocycles. The Morgan fingerprint density at radius 3 is 1.93 bits per heavy atom. The molecule has 0 radical (unpaired) electrons. The maximum absolute atomic E-state index is 11.9. The van der Waals surface area contributed by atoms with Crippen LogP contribution in [0.15, 0.2) is 0 Å². The van der Waals surface area contributed by atoms with E-state index in [2.05, 4.69) is 17.9 Å². The molecule has 1 amide bonds. The minimum absolute atomic E-state index is 0.0370. The lowest BCUT2D eigenvalue weighted by molar-refractivity contribution is -0.127. The van der Waals surface area contributed by atoms with Crippen LogP contribution in [0.4, 0.5) is 0 Å². The molecule has 0 fully saturated rings. The van der Waals surface area contributed by atoms with Gasteiger partial charge in [-0.15, -0.1) is 0 Å². The summed E-state index contributed by atoms with van der Waals surface area (Å²) in [7, 11) is 0. The van der Waals surface area contributed by atoms with Gasteiger partial charge in [-0.25, -0.2) is 0 Å². The number of rotatable bonds is 3. The lowest BCUT2D eigenvalue weighted by Gasteiger charge is -2.31. The first-order chi connectivity index (χ1) is 6.08. The van der Waals surface area contributed by atoms with Gasteiger partial charge in [0.15, 0.2) is 0 Å². The molecule has 2 nitrogen and oxygen atoms in total. The summed E-state index contributed by atoms with van der Waals surface area (Å²) in [5, 5.41) is 2.99. The summed E-state index contributed by atoms with van der Waals surface area (Å²) in [6, 6.07) is 0. The van der Waals surface area contributed by atoms with E-state index in [1.54, 1.807) is 0 Å². The zero-order valence-electron chi connectivity index (χ0n) is 10.1. The number of carbonyl (C=O) groups excluding carboxylic acids is 1. The van der Waals surface area contributed by atoms with E-state index in [9.17, 15) is 4.79 Å². The summed E-state index contributed by atoms with van der Waals surface area (Å²) >= 11 is 4.46. The van der Waals surface area contributed by atoms with Crippen molar-refractivity contribution >= 4 is 18.5 Å². The van der Waals surface area contributed by atoms with Gasteiger partial charge in [0.25, 0.3) is 0 Å². The predicted molar refractivity (Wildman–Crippen MR) is 64.7 cm³/mol. The second-order valence-electron chi connectivity index (χ2n) is 5.35. The van der Waals surface area contributed by atoms with Crippen molar-refractivity contribution in [3.8, 4) is 0 Å². The highest BCUT2D eigenvalue weighted by Crippen LogP contribution is 2.27. The van der Waals surface area contributed by atoms with E-state index < -0.39 is 0 Å². The first-order valence-corrected chi connectivity index (χ1v) is 5.57. The summed E-state index contributed by atoms with van der Waals surface area (Å²) in [6.45, 7) is 11.9. The minimum Gasteiger partial charge on any atom is -0.351 e. The van der Waals surface area contributed by atoms with Gasteiger partial charge in [-0.2, -0.15) is 12.6 Å². The predicted octanol–water partition coefficient (Wildman–Crippen LogP) is 2.64. The van der Waals surface area contributed by atoms with Crippen LogP contribution in [0.3, 0.4) is 0 Å². The van der Waals surface area contributed by atoms with Crippen LogP contribution in [-0.2, 0) is 4.79 Å². The van der Waals surface area contributed by atoms with Gasteiger partial charge in [0.1, 0.15) is 0 Å². The van der Waals surface area contributed by atoms with Crippen molar-refractivity contribution in [2.45, 2.75) is 58.2 Å². The highest BCUT2D eigenvalue weighted by atomic mass is 32.1. The summed E-state index contributed by atoms with van der Waals surface area (Å²) in [4.78, 5) is 11.9. The Bertz CT molecular complexity index is 200. The summed E-state index contributed by atoms with van der Waals surface area (Å²) < 4.78 is -0.260. The normalized spacial score (nSPS) is 15.1. The van der Waals surface area contributed by atoms with Crippen molar-refractivity contribution in [1.82, 2.24) is 5.32 Å². The molecule has 84 valence electrons. The molecule has 0 heterocycles. The van der Waals surface area contributed by atoms with Crippen molar-refractivity contribution in [3.63, 3.8) is 0 Å². The molecule has 0 aliphatic carbocycles. The van der Waals surface area contributed by atoms with Crippen molar-refractivity contribution < 1.29 is 4.79 Å². The van der Waals surface area contributed by atoms with Gasteiger partial charge in [0, 0.05) is 10.3 Å². The van der Waals surface area contributed by atoms with E-state index in [-0.39, 0.29) is 22.1 Å². The lowest BCUT2D eigenvalue weighted by atomic mass is 9.90. The van der Waals surface area contributed by atoms with Crippen molar-refractivity contribution in [2.75, 3.05) is 0 Å². The molecule has 0 bridgehead atoms. The molecule has 0 aromatic rings. The zero-order valence-corrected chi connectivity index (χ0v) is 11.0. The monoisotopic (exact) mass is 217 g/mol. The van der Waals surface area contributed by atoms with Crippen LogP contribution in [0, 0.1) is 5.92 Å². The fourth-order valence-electron chi connectivity index (χ4n) is 1.46. The number of amides is 1. The van der Waals surface area contributed by atoms with Crippen molar-refractivity contribution in [2.24, 2.45) is 5.92 Å². The number of hydrogen-bond acceptors (Lipinski definition) is 2. The van der Waals surface area contributed by atoms with Crippen LogP contribution in [0.5, 0.6) is 0 Å². The second-order valence-corrected chi connectivity index (χ2v) is 6.51. The Morgan fingerprint density at radius 2 is 1.71 bits per heavy atom. The molecule has 0 saturated carbocycles. The standard InChI is InChI=1S/C11H23NOS/c1-7-8(11(5,6)14)9(13)12-10(2,3)4/h8,14H,7H2,1-6H3,(H,12,13). The molecule has 0 spiro atoms. The molecule has 0 aromatic heterocycles. The van der Waals surface area contributed by atoms with Crippen LogP contribution >= 0.6 is 12.6 Å². The first-order valence-electron chi connectivity index (χ1n) is 5.12. The molecule has 0 aliphatic rings. The number of carbonyl (C=O) groups is 1. The number of hydrogen-bond donors (Lipinski definition) is 2. The molecule has 0 saturated heterocycles. The van der Waals surface area contributed by atoms with E-state index in [0.29, 0.717) is 0 Å². The van der Waals surface area contributed by atoms with Gasteiger partial charge < -0.3 is 5.32 Å². The Balaban J connectivity index is 4.50. The van der Waals surface area contributed by atoms with Gasteiger partial charge in [-0.3, -0.25) is 4.79 Å². The molecular weight excluding hydrogens is 194 g/mol. The molecule has 14 heavy (non-hydrogen) atoms. The van der Waals surface area contributed by atoms with Crippen LogP contribution < -0.4 is 5.32 Å². The summed E-state index contributed by atoms with van der Waals surface area (Å²) in [5.74, 6) is 0.0602. The topological polar surface area (TPSA) is 29.1 Å². The average molecular weight is 217 g/mol. The summed E-state index contributed by atoms with van der Waals surface area (Å²) in [6.07, 6.45) is 0.818. The largest absolute Gasteiger partial charge is 0.351 e. The van der Waals surface area contributed by atoms with Crippen molar-refractivity contribution in [1.29, 1.82) is 0 Å². The van der Waals surface area contributed by atoms with E-state index in [1.807, 2.05) is 41.5 Å². The van der Waals surface area contributed by atoms with Gasteiger partial charge in [0.2, 0.25) is 5.91 Å². The number of thiol groups is 1. The Labute approximate surface area is 93.3 Å². The molecule has 1 N–H and O–H groups in total. The van der Waals surface area contributed by atoms with E-state index >= 15 is 0 Å². The van der Waals surface area contributed by atoms with E-state index in [1.165, 1.54) is 0 Å². The Kier molecular flexibility index (Phi) is 4.50. The zero-order chi connectivity index (χ0) is 11.6. The van der Waals surface area contributed by atoms with Gasteiger partial charge >= 0.3 is 0 Å². The Morgan fingerprint density at radius 1 is 1.29 bits per heavy atom. The minimum atomic E-state index is -0.260. The molecule has 0 rings (SSSR count). The van der Waals surface area contributed by atoms with Crippen molar-refractivity contribution in [3.05, 3.63) is 0 Å². The number of nitrogens with one attached hydrogen (secondary N) is 1. The molecule has 0 aromatic carbocycles. The highest BCUT2D eigenvalue weighted by Gasteiger charge is 2.32. The second kappa shape index (κ2) is 4.56. The maximum atomic E-state index is 11.9. The fraction of sp³-hybridized carbons (Fsp3) is 0.909. The first kappa shape index (κ1) is 13.8. The highest BCUT2D eigenvalue weighted by molar-refractivity contribution is 7.81. The maximum Gasteiger partial charge on any atom is 0.224 e. The van der Waals surface area contributed by atoms with Crippen LogP contribution in [0.25, 0.3) is 0 Å². The van der Waals surface area contributed by atoms with Crippen LogP contribution in [0.2, 0.25) is 0 Å². The fourth-order valence-corrected chi connectivity index (χ4v) is 1.76. The quantitative estimate of drug-likeness (QED) is 0.699. The van der Waals surface area contributed by atoms with E-state index in [4.69, 9.17) is 0 Å². The third-order valence-electron chi connectivity index (χ3n) is 2.08. The van der Waals surface area contributed by atoms with E-state index in [0.717, 1.165) is 6.42 Å². The SMILES string of the molecule is CCC(C(=O)NC(C)(C)C)C(C)(C)S. The molecule has 3 heteroatoms.